The molecule has 2 rings (SSSR count). The molecule has 0 radical (unpaired) electrons. The Labute approximate surface area is 140 Å². The third kappa shape index (κ3) is 4.04. The summed E-state index contributed by atoms with van der Waals surface area (Å²) in [5.74, 6) is 0.723. The maximum atomic E-state index is 12.2. The lowest BCUT2D eigenvalue weighted by Gasteiger charge is -2.27. The van der Waals surface area contributed by atoms with Gasteiger partial charge < -0.3 is 4.90 Å². The fourth-order valence-corrected chi connectivity index (χ4v) is 6.19. The number of thioether (sulfide) groups is 1. The van der Waals surface area contributed by atoms with Crippen molar-refractivity contribution in [3.63, 3.8) is 0 Å². The number of nitrogens with zero attached hydrogens (tertiary/aromatic N) is 2. The number of hydrogen-bond donors (Lipinski definition) is 0. The Morgan fingerprint density at radius 1 is 1.41 bits per heavy atom. The van der Waals surface area contributed by atoms with Gasteiger partial charge in [0, 0.05) is 24.5 Å². The number of likely N-dealkylation sites (N-methyl/N-ethyl adjacent to an activating group) is 1. The van der Waals surface area contributed by atoms with Crippen LogP contribution in [-0.2, 0) is 14.8 Å². The number of carbonyl (C=O) groups excluding carboxylic acids is 1. The molecule has 0 unspecified atom stereocenters. The van der Waals surface area contributed by atoms with Gasteiger partial charge in [-0.2, -0.15) is 0 Å². The maximum Gasteiger partial charge on any atom is 0.233 e. The Balaban J connectivity index is 2.03. The normalized spacial score (nSPS) is 19.3. The highest BCUT2D eigenvalue weighted by Gasteiger charge is 2.34. The lowest BCUT2D eigenvalue weighted by molar-refractivity contribution is -0.128. The lowest BCUT2D eigenvalue weighted by atomic mass is 10.4. The monoisotopic (exact) mass is 362 g/mol. The van der Waals surface area contributed by atoms with Gasteiger partial charge in [-0.1, -0.05) is 19.9 Å². The summed E-state index contributed by atoms with van der Waals surface area (Å²) >= 11 is 3.25. The molecule has 5 nitrogen and oxygen atoms in total. The van der Waals surface area contributed by atoms with Crippen molar-refractivity contribution in [2.75, 3.05) is 31.1 Å². The predicted molar refractivity (Wildman–Crippen MR) is 92.6 cm³/mol. The SMILES string of the molecule is CCCS(=O)(=O)N(CC)CCN1C(=O)CS[C@@H]1c1cccs1. The van der Waals surface area contributed by atoms with Gasteiger partial charge in [0.1, 0.15) is 5.37 Å². The molecule has 8 heteroatoms. The highest BCUT2D eigenvalue weighted by atomic mass is 32.2. The molecule has 1 amide bonds. The zero-order chi connectivity index (χ0) is 16.2. The van der Waals surface area contributed by atoms with E-state index in [2.05, 4.69) is 0 Å². The van der Waals surface area contributed by atoms with E-state index in [4.69, 9.17) is 0 Å². The van der Waals surface area contributed by atoms with Gasteiger partial charge in [0.05, 0.1) is 11.5 Å². The number of sulfonamides is 1. The molecule has 1 aliphatic heterocycles. The van der Waals surface area contributed by atoms with Crippen LogP contribution in [0.1, 0.15) is 30.5 Å². The first-order valence-electron chi connectivity index (χ1n) is 7.42. The molecule has 1 atom stereocenters. The van der Waals surface area contributed by atoms with E-state index in [1.54, 1.807) is 28.0 Å². The summed E-state index contributed by atoms with van der Waals surface area (Å²) in [5, 5.41) is 2.03. The molecule has 0 aromatic carbocycles. The topological polar surface area (TPSA) is 57.7 Å². The predicted octanol–water partition coefficient (Wildman–Crippen LogP) is 2.38. The second kappa shape index (κ2) is 7.81. The van der Waals surface area contributed by atoms with Gasteiger partial charge in [-0.25, -0.2) is 12.7 Å². The maximum absolute atomic E-state index is 12.2. The molecule has 1 aromatic rings. The van der Waals surface area contributed by atoms with Crippen LogP contribution >= 0.6 is 23.1 Å². The highest BCUT2D eigenvalue weighted by Crippen LogP contribution is 2.40. The van der Waals surface area contributed by atoms with Gasteiger partial charge in [0.15, 0.2) is 0 Å². The van der Waals surface area contributed by atoms with Crippen molar-refractivity contribution in [3.05, 3.63) is 22.4 Å². The molecule has 2 heterocycles. The molecule has 0 spiro atoms. The fraction of sp³-hybridized carbons (Fsp3) is 0.643. The van der Waals surface area contributed by atoms with Gasteiger partial charge in [0.25, 0.3) is 0 Å². The minimum atomic E-state index is -3.21. The molecule has 22 heavy (non-hydrogen) atoms. The minimum Gasteiger partial charge on any atom is -0.324 e. The summed E-state index contributed by atoms with van der Waals surface area (Å²) in [4.78, 5) is 15.1. The van der Waals surface area contributed by atoms with Crippen LogP contribution < -0.4 is 0 Å². The molecule has 124 valence electrons. The quantitative estimate of drug-likeness (QED) is 0.712. The average Bonchev–Trinajstić information content (AvgIpc) is 3.09. The zero-order valence-electron chi connectivity index (χ0n) is 12.9. The van der Waals surface area contributed by atoms with Crippen molar-refractivity contribution in [1.29, 1.82) is 0 Å². The first-order chi connectivity index (χ1) is 10.5. The van der Waals surface area contributed by atoms with Crippen molar-refractivity contribution in [1.82, 2.24) is 9.21 Å². The van der Waals surface area contributed by atoms with Gasteiger partial charge in [-0.15, -0.1) is 23.1 Å². The van der Waals surface area contributed by atoms with Gasteiger partial charge in [-0.05, 0) is 17.9 Å². The van der Waals surface area contributed by atoms with E-state index in [1.165, 1.54) is 4.31 Å². The van der Waals surface area contributed by atoms with Crippen molar-refractivity contribution < 1.29 is 13.2 Å². The minimum absolute atomic E-state index is 0.0279. The van der Waals surface area contributed by atoms with Crippen molar-refractivity contribution >= 4 is 39.0 Å². The number of amides is 1. The summed E-state index contributed by atoms with van der Waals surface area (Å²) in [6, 6.07) is 4.00. The average molecular weight is 363 g/mol. The first kappa shape index (κ1) is 17.8. The molecular formula is C14H22N2O3S3. The van der Waals surface area contributed by atoms with Crippen LogP contribution in [0.5, 0.6) is 0 Å². The van der Waals surface area contributed by atoms with Crippen LogP contribution in [0.4, 0.5) is 0 Å². The van der Waals surface area contributed by atoms with E-state index in [0.29, 0.717) is 31.8 Å². The van der Waals surface area contributed by atoms with Gasteiger partial charge in [0.2, 0.25) is 15.9 Å². The van der Waals surface area contributed by atoms with Gasteiger partial charge in [-0.3, -0.25) is 4.79 Å². The smallest absolute Gasteiger partial charge is 0.233 e. The van der Waals surface area contributed by atoms with E-state index in [-0.39, 0.29) is 17.0 Å². The van der Waals surface area contributed by atoms with Crippen LogP contribution in [-0.4, -0.2) is 54.7 Å². The van der Waals surface area contributed by atoms with Crippen molar-refractivity contribution in [3.8, 4) is 0 Å². The van der Waals surface area contributed by atoms with Crippen LogP contribution in [0.25, 0.3) is 0 Å². The van der Waals surface area contributed by atoms with Crippen molar-refractivity contribution in [2.24, 2.45) is 0 Å². The summed E-state index contributed by atoms with van der Waals surface area (Å²) in [6.07, 6.45) is 0.606. The van der Waals surface area contributed by atoms with E-state index >= 15 is 0 Å². The second-order valence-corrected chi connectivity index (χ2v) is 9.21. The standard InChI is InChI=1S/C14H22N2O3S3/c1-3-10-22(18,19)15(4-2)7-8-16-13(17)11-21-14(16)12-6-5-9-20-12/h5-6,9,14H,3-4,7-8,10-11H2,1-2H3/t14-/m1/s1. The number of rotatable bonds is 8. The molecule has 0 N–H and O–H groups in total. The molecule has 0 aliphatic carbocycles. The number of thiophene rings is 1. The highest BCUT2D eigenvalue weighted by molar-refractivity contribution is 8.00. The largest absolute Gasteiger partial charge is 0.324 e. The van der Waals surface area contributed by atoms with E-state index in [1.807, 2.05) is 31.4 Å². The summed E-state index contributed by atoms with van der Waals surface area (Å²) < 4.78 is 25.8. The third-order valence-electron chi connectivity index (χ3n) is 3.55. The Bertz CT molecular complexity index is 586. The number of carbonyl (C=O) groups is 1. The fourth-order valence-electron chi connectivity index (χ4n) is 2.46. The summed E-state index contributed by atoms with van der Waals surface area (Å²) in [7, 11) is -3.21. The molecule has 0 saturated carbocycles. The molecule has 1 aromatic heterocycles. The molecule has 1 aliphatic rings. The van der Waals surface area contributed by atoms with Gasteiger partial charge >= 0.3 is 0 Å². The Morgan fingerprint density at radius 2 is 2.18 bits per heavy atom. The van der Waals surface area contributed by atoms with E-state index < -0.39 is 10.0 Å². The van der Waals surface area contributed by atoms with Crippen LogP contribution in [0, 0.1) is 0 Å². The zero-order valence-corrected chi connectivity index (χ0v) is 15.3. The third-order valence-corrected chi connectivity index (χ3v) is 8.02. The Hall–Kier alpha value is -0.570. The van der Waals surface area contributed by atoms with Crippen molar-refractivity contribution in [2.45, 2.75) is 25.6 Å². The van der Waals surface area contributed by atoms with Crippen LogP contribution in [0.15, 0.2) is 17.5 Å². The molecule has 0 bridgehead atoms. The second-order valence-electron chi connectivity index (χ2n) is 5.07. The lowest BCUT2D eigenvalue weighted by Crippen LogP contribution is -2.40. The molecular weight excluding hydrogens is 340 g/mol. The molecule has 1 saturated heterocycles. The Kier molecular flexibility index (Phi) is 6.31. The van der Waals surface area contributed by atoms with E-state index in [0.717, 1.165) is 4.88 Å². The summed E-state index contributed by atoms with van der Waals surface area (Å²) in [5.41, 5.74) is 0. The number of hydrogen-bond acceptors (Lipinski definition) is 5. The first-order valence-corrected chi connectivity index (χ1v) is 11.0. The Morgan fingerprint density at radius 3 is 2.77 bits per heavy atom. The van der Waals surface area contributed by atoms with Crippen LogP contribution in [0.2, 0.25) is 0 Å². The summed E-state index contributed by atoms with van der Waals surface area (Å²) in [6.45, 7) is 4.96. The molecule has 1 fully saturated rings. The van der Waals surface area contributed by atoms with Crippen LogP contribution in [0.3, 0.4) is 0 Å². The van der Waals surface area contributed by atoms with E-state index in [9.17, 15) is 13.2 Å².